The first-order valence-electron chi connectivity index (χ1n) is 6.06. The van der Waals surface area contributed by atoms with E-state index in [2.05, 4.69) is 5.32 Å². The summed E-state index contributed by atoms with van der Waals surface area (Å²) in [5.41, 5.74) is 1.21. The minimum atomic E-state index is -0.571. The molecule has 0 aliphatic rings. The van der Waals surface area contributed by atoms with Crippen LogP contribution in [0.15, 0.2) is 24.3 Å². The van der Waals surface area contributed by atoms with Crippen molar-refractivity contribution < 1.29 is 19.1 Å². The molecule has 0 fully saturated rings. The minimum absolute atomic E-state index is 0.221. The first-order chi connectivity index (χ1) is 9.67. The summed E-state index contributed by atoms with van der Waals surface area (Å²) in [4.78, 5) is 23.0. The number of carbonyl (C=O) groups is 2. The molecule has 0 aliphatic carbocycles. The lowest BCUT2D eigenvalue weighted by Crippen LogP contribution is -2.29. The van der Waals surface area contributed by atoms with Gasteiger partial charge in [0, 0.05) is 13.7 Å². The van der Waals surface area contributed by atoms with Crippen LogP contribution in [0.5, 0.6) is 0 Å². The number of hydrogen-bond donors (Lipinski definition) is 1. The van der Waals surface area contributed by atoms with Crippen LogP contribution >= 0.6 is 0 Å². The van der Waals surface area contributed by atoms with E-state index in [9.17, 15) is 9.59 Å². The third-order valence-electron chi connectivity index (χ3n) is 2.37. The van der Waals surface area contributed by atoms with Crippen LogP contribution in [0.4, 0.5) is 0 Å². The topological polar surface area (TPSA) is 88.4 Å². The third-order valence-corrected chi connectivity index (χ3v) is 2.37. The van der Waals surface area contributed by atoms with Gasteiger partial charge in [-0.2, -0.15) is 5.26 Å². The van der Waals surface area contributed by atoms with Crippen LogP contribution in [0.1, 0.15) is 22.3 Å². The number of rotatable bonds is 7. The molecule has 6 heteroatoms. The zero-order chi connectivity index (χ0) is 14.8. The van der Waals surface area contributed by atoms with Gasteiger partial charge in [0.05, 0.1) is 24.7 Å². The third kappa shape index (κ3) is 5.50. The number of hydrogen-bond acceptors (Lipinski definition) is 5. The molecular formula is C14H16N2O4. The van der Waals surface area contributed by atoms with Gasteiger partial charge in [0.1, 0.15) is 0 Å². The lowest BCUT2D eigenvalue weighted by atomic mass is 10.1. The van der Waals surface area contributed by atoms with E-state index in [1.807, 2.05) is 12.1 Å². The van der Waals surface area contributed by atoms with Gasteiger partial charge >= 0.3 is 5.97 Å². The highest BCUT2D eigenvalue weighted by Crippen LogP contribution is 2.07. The molecule has 0 spiro atoms. The fourth-order valence-corrected chi connectivity index (χ4v) is 1.48. The zero-order valence-corrected chi connectivity index (χ0v) is 11.2. The first kappa shape index (κ1) is 15.7. The van der Waals surface area contributed by atoms with Crippen LogP contribution in [0, 0.1) is 11.3 Å². The van der Waals surface area contributed by atoms with E-state index in [1.165, 1.54) is 0 Å². The Balaban J connectivity index is 2.44. The fourth-order valence-electron chi connectivity index (χ4n) is 1.48. The lowest BCUT2D eigenvalue weighted by molar-refractivity contribution is -0.124. The van der Waals surface area contributed by atoms with E-state index in [0.29, 0.717) is 12.2 Å². The maximum atomic E-state index is 11.7. The van der Waals surface area contributed by atoms with Crippen molar-refractivity contribution in [1.82, 2.24) is 5.32 Å². The lowest BCUT2D eigenvalue weighted by Gasteiger charge is -2.06. The van der Waals surface area contributed by atoms with Crippen LogP contribution < -0.4 is 5.32 Å². The number of methoxy groups -OCH3 is 1. The molecule has 0 saturated carbocycles. The van der Waals surface area contributed by atoms with Crippen molar-refractivity contribution in [1.29, 1.82) is 5.26 Å². The van der Waals surface area contributed by atoms with E-state index in [0.717, 1.165) is 5.56 Å². The number of nitrogens with zero attached hydrogens (tertiary/aromatic N) is 1. The van der Waals surface area contributed by atoms with Crippen molar-refractivity contribution in [3.63, 3.8) is 0 Å². The molecule has 1 N–H and O–H groups in total. The predicted molar refractivity (Wildman–Crippen MR) is 70.7 cm³/mol. The van der Waals surface area contributed by atoms with Gasteiger partial charge in [-0.1, -0.05) is 12.1 Å². The van der Waals surface area contributed by atoms with E-state index >= 15 is 0 Å². The Morgan fingerprint density at radius 3 is 2.90 bits per heavy atom. The maximum absolute atomic E-state index is 11.7. The van der Waals surface area contributed by atoms with Crippen molar-refractivity contribution in [3.05, 3.63) is 35.4 Å². The van der Waals surface area contributed by atoms with Gasteiger partial charge in [-0.3, -0.25) is 4.79 Å². The molecule has 1 amide bonds. The number of nitrogens with one attached hydrogen (secondary N) is 1. The average molecular weight is 276 g/mol. The van der Waals surface area contributed by atoms with Crippen LogP contribution in [-0.4, -0.2) is 32.1 Å². The fraction of sp³-hybridized carbons (Fsp3) is 0.357. The quantitative estimate of drug-likeness (QED) is 0.593. The van der Waals surface area contributed by atoms with E-state index < -0.39 is 11.9 Å². The van der Waals surface area contributed by atoms with E-state index in [4.69, 9.17) is 14.7 Å². The standard InChI is InChI=1S/C14H16N2O4/c1-19-9-11-4-2-5-12(8-11)14(18)20-10-13(17)16-7-3-6-15/h2,4-5,8H,3,7,9-10H2,1H3,(H,16,17). The number of amides is 1. The number of esters is 1. The van der Waals surface area contributed by atoms with Crippen LogP contribution in [-0.2, 0) is 20.9 Å². The second-order valence-corrected chi connectivity index (χ2v) is 3.97. The van der Waals surface area contributed by atoms with E-state index in [1.54, 1.807) is 25.3 Å². The summed E-state index contributed by atoms with van der Waals surface area (Å²) in [6, 6.07) is 8.70. The summed E-state index contributed by atoms with van der Waals surface area (Å²) in [7, 11) is 1.57. The summed E-state index contributed by atoms with van der Waals surface area (Å²) < 4.78 is 9.85. The van der Waals surface area contributed by atoms with Gasteiger partial charge in [-0.05, 0) is 17.7 Å². The molecule has 6 nitrogen and oxygen atoms in total. The predicted octanol–water partition coefficient (Wildman–Crippen LogP) is 1.02. The number of ether oxygens (including phenoxy) is 2. The average Bonchev–Trinajstić information content (AvgIpc) is 2.46. The highest BCUT2D eigenvalue weighted by Gasteiger charge is 2.10. The Morgan fingerprint density at radius 2 is 2.20 bits per heavy atom. The molecule has 106 valence electrons. The molecular weight excluding hydrogens is 260 g/mol. The summed E-state index contributed by atoms with van der Waals surface area (Å²) in [5, 5.41) is 10.8. The largest absolute Gasteiger partial charge is 0.452 e. The van der Waals surface area contributed by atoms with Gasteiger partial charge in [-0.25, -0.2) is 4.79 Å². The normalized spacial score (nSPS) is 9.60. The Bertz CT molecular complexity index is 508. The molecule has 0 aliphatic heterocycles. The van der Waals surface area contributed by atoms with Crippen molar-refractivity contribution in [2.75, 3.05) is 20.3 Å². The van der Waals surface area contributed by atoms with Crippen LogP contribution in [0.3, 0.4) is 0 Å². The molecule has 0 bridgehead atoms. The van der Waals surface area contributed by atoms with Gasteiger partial charge in [0.25, 0.3) is 5.91 Å². The van der Waals surface area contributed by atoms with Crippen molar-refractivity contribution in [2.24, 2.45) is 0 Å². The monoisotopic (exact) mass is 276 g/mol. The SMILES string of the molecule is COCc1cccc(C(=O)OCC(=O)NCCC#N)c1. The first-order valence-corrected chi connectivity index (χ1v) is 6.06. The second-order valence-electron chi connectivity index (χ2n) is 3.97. The van der Waals surface area contributed by atoms with Crippen LogP contribution in [0.2, 0.25) is 0 Å². The highest BCUT2D eigenvalue weighted by molar-refractivity contribution is 5.91. The van der Waals surface area contributed by atoms with Crippen LogP contribution in [0.25, 0.3) is 0 Å². The Morgan fingerprint density at radius 1 is 1.40 bits per heavy atom. The molecule has 20 heavy (non-hydrogen) atoms. The molecule has 0 atom stereocenters. The molecule has 0 saturated heterocycles. The zero-order valence-electron chi connectivity index (χ0n) is 11.2. The molecule has 0 radical (unpaired) electrons. The van der Waals surface area contributed by atoms with E-state index in [-0.39, 0.29) is 19.6 Å². The number of benzene rings is 1. The van der Waals surface area contributed by atoms with Gasteiger partial charge in [0.15, 0.2) is 6.61 Å². The number of nitriles is 1. The number of carbonyl (C=O) groups excluding carboxylic acids is 2. The Hall–Kier alpha value is -2.39. The minimum Gasteiger partial charge on any atom is -0.452 e. The summed E-state index contributed by atoms with van der Waals surface area (Å²) in [6.07, 6.45) is 0.221. The highest BCUT2D eigenvalue weighted by atomic mass is 16.5. The Kier molecular flexibility index (Phi) is 6.79. The molecule has 0 heterocycles. The molecule has 0 aromatic heterocycles. The van der Waals surface area contributed by atoms with Gasteiger partial charge < -0.3 is 14.8 Å². The van der Waals surface area contributed by atoms with Crippen molar-refractivity contribution >= 4 is 11.9 Å². The smallest absolute Gasteiger partial charge is 0.338 e. The summed E-state index contributed by atoms with van der Waals surface area (Å²) in [5.74, 6) is -1.000. The molecule has 0 unspecified atom stereocenters. The molecule has 1 aromatic carbocycles. The maximum Gasteiger partial charge on any atom is 0.338 e. The second kappa shape index (κ2) is 8.67. The van der Waals surface area contributed by atoms with Crippen molar-refractivity contribution in [3.8, 4) is 6.07 Å². The Labute approximate surface area is 117 Å². The summed E-state index contributed by atoms with van der Waals surface area (Å²) >= 11 is 0. The van der Waals surface area contributed by atoms with Gasteiger partial charge in [-0.15, -0.1) is 0 Å². The summed E-state index contributed by atoms with van der Waals surface area (Å²) in [6.45, 7) is 0.282. The van der Waals surface area contributed by atoms with Crippen molar-refractivity contribution in [2.45, 2.75) is 13.0 Å². The van der Waals surface area contributed by atoms with Gasteiger partial charge in [0.2, 0.25) is 0 Å². The molecule has 1 aromatic rings. The molecule has 1 rings (SSSR count).